The van der Waals surface area contributed by atoms with E-state index in [-0.39, 0.29) is 0 Å². The Morgan fingerprint density at radius 1 is 1.29 bits per heavy atom. The maximum Gasteiger partial charge on any atom is 0.193 e. The summed E-state index contributed by atoms with van der Waals surface area (Å²) in [5.41, 5.74) is 2.38. The van der Waals surface area contributed by atoms with E-state index in [0.717, 1.165) is 50.0 Å². The maximum atomic E-state index is 5.51. The van der Waals surface area contributed by atoms with Crippen molar-refractivity contribution in [2.75, 3.05) is 45.2 Å². The summed E-state index contributed by atoms with van der Waals surface area (Å²) < 4.78 is 5.51. The van der Waals surface area contributed by atoms with Gasteiger partial charge < -0.3 is 19.9 Å². The second-order valence-corrected chi connectivity index (χ2v) is 7.81. The number of aliphatic imine (C=N–C) groups is 1. The van der Waals surface area contributed by atoms with Crippen LogP contribution in [0.5, 0.6) is 5.75 Å². The molecule has 1 aliphatic heterocycles. The van der Waals surface area contributed by atoms with Gasteiger partial charge in [-0.3, -0.25) is 4.99 Å². The molecule has 28 heavy (non-hydrogen) atoms. The second kappa shape index (κ2) is 10.3. The Bertz CT molecular complexity index is 752. The molecule has 0 atom stereocenters. The number of nitrogens with zero attached hydrogens (tertiary/aromatic N) is 4. The zero-order valence-electron chi connectivity index (χ0n) is 17.1. The van der Waals surface area contributed by atoms with Gasteiger partial charge in [-0.2, -0.15) is 0 Å². The molecule has 1 aromatic heterocycles. The third-order valence-corrected chi connectivity index (χ3v) is 5.76. The topological polar surface area (TPSA) is 53.0 Å². The summed E-state index contributed by atoms with van der Waals surface area (Å²) in [7, 11) is 3.88. The third kappa shape index (κ3) is 5.61. The zero-order chi connectivity index (χ0) is 19.8. The number of thiazole rings is 1. The molecule has 0 bridgehead atoms. The van der Waals surface area contributed by atoms with Crippen molar-refractivity contribution in [3.8, 4) is 5.75 Å². The van der Waals surface area contributed by atoms with Gasteiger partial charge in [0.15, 0.2) is 11.1 Å². The van der Waals surface area contributed by atoms with Crippen LogP contribution in [0.3, 0.4) is 0 Å². The predicted octanol–water partition coefficient (Wildman–Crippen LogP) is 3.39. The number of guanidine groups is 1. The highest BCUT2D eigenvalue weighted by Crippen LogP contribution is 2.24. The maximum absolute atomic E-state index is 5.51. The molecular weight excluding hydrogens is 370 g/mol. The standard InChI is InChI=1S/C21H31N5OS/c1-4-27-19-9-7-17(8-10-19)15-25(3)20(22-2)23-12-11-18-16-28-21(24-18)26-13-5-6-14-26/h7-10,16H,4-6,11-15H2,1-3H3,(H,22,23). The van der Waals surface area contributed by atoms with Gasteiger partial charge >= 0.3 is 0 Å². The van der Waals surface area contributed by atoms with Gasteiger partial charge in [-0.1, -0.05) is 12.1 Å². The first kappa shape index (κ1) is 20.5. The Morgan fingerprint density at radius 3 is 2.71 bits per heavy atom. The van der Waals surface area contributed by atoms with Gasteiger partial charge in [-0.05, 0) is 37.5 Å². The Labute approximate surface area is 172 Å². The first-order chi connectivity index (χ1) is 13.7. The summed E-state index contributed by atoms with van der Waals surface area (Å²) >= 11 is 1.76. The van der Waals surface area contributed by atoms with Crippen LogP contribution in [0.25, 0.3) is 0 Å². The largest absolute Gasteiger partial charge is 0.494 e. The monoisotopic (exact) mass is 401 g/mol. The van der Waals surface area contributed by atoms with E-state index in [1.165, 1.54) is 23.5 Å². The molecule has 1 aromatic carbocycles. The zero-order valence-corrected chi connectivity index (χ0v) is 18.0. The van der Waals surface area contributed by atoms with Gasteiger partial charge in [0, 0.05) is 52.1 Å². The summed E-state index contributed by atoms with van der Waals surface area (Å²) in [6.07, 6.45) is 3.47. The number of hydrogen-bond acceptors (Lipinski definition) is 5. The summed E-state index contributed by atoms with van der Waals surface area (Å²) in [5, 5.41) is 6.80. The van der Waals surface area contributed by atoms with E-state index in [1.54, 1.807) is 11.3 Å². The number of benzene rings is 1. The van der Waals surface area contributed by atoms with Gasteiger partial charge in [0.2, 0.25) is 0 Å². The minimum Gasteiger partial charge on any atom is -0.494 e. The molecule has 2 aromatic rings. The quantitative estimate of drug-likeness (QED) is 0.543. The molecule has 6 nitrogen and oxygen atoms in total. The molecule has 0 spiro atoms. The smallest absolute Gasteiger partial charge is 0.193 e. The van der Waals surface area contributed by atoms with E-state index in [9.17, 15) is 0 Å². The summed E-state index contributed by atoms with van der Waals surface area (Å²) in [5.74, 6) is 1.80. The van der Waals surface area contributed by atoms with Gasteiger partial charge in [0.25, 0.3) is 0 Å². The Balaban J connectivity index is 1.45. The Kier molecular flexibility index (Phi) is 7.54. The summed E-state index contributed by atoms with van der Waals surface area (Å²) in [6.45, 7) is 6.60. The van der Waals surface area contributed by atoms with Crippen LogP contribution in [-0.4, -0.2) is 56.2 Å². The first-order valence-corrected chi connectivity index (χ1v) is 10.9. The van der Waals surface area contributed by atoms with E-state index in [0.29, 0.717) is 6.61 Å². The van der Waals surface area contributed by atoms with E-state index in [4.69, 9.17) is 9.72 Å². The highest BCUT2D eigenvalue weighted by molar-refractivity contribution is 7.13. The highest BCUT2D eigenvalue weighted by atomic mass is 32.1. The molecule has 1 saturated heterocycles. The second-order valence-electron chi connectivity index (χ2n) is 6.97. The van der Waals surface area contributed by atoms with Crippen LogP contribution >= 0.6 is 11.3 Å². The molecule has 3 rings (SSSR count). The molecule has 2 heterocycles. The Hall–Kier alpha value is -2.28. The lowest BCUT2D eigenvalue weighted by Gasteiger charge is -2.22. The van der Waals surface area contributed by atoms with E-state index >= 15 is 0 Å². The number of aromatic nitrogens is 1. The number of anilines is 1. The van der Waals surface area contributed by atoms with Crippen molar-refractivity contribution in [2.45, 2.75) is 32.7 Å². The molecule has 0 radical (unpaired) electrons. The van der Waals surface area contributed by atoms with Crippen molar-refractivity contribution in [3.63, 3.8) is 0 Å². The third-order valence-electron chi connectivity index (χ3n) is 4.81. The fourth-order valence-corrected chi connectivity index (χ4v) is 4.27. The molecule has 1 fully saturated rings. The fraction of sp³-hybridized carbons (Fsp3) is 0.524. The molecule has 7 heteroatoms. The average molecular weight is 402 g/mol. The normalized spacial score (nSPS) is 14.4. The molecular formula is C21H31N5OS. The van der Waals surface area contributed by atoms with Crippen molar-refractivity contribution in [3.05, 3.63) is 40.9 Å². The van der Waals surface area contributed by atoms with Gasteiger partial charge in [0.1, 0.15) is 5.75 Å². The lowest BCUT2D eigenvalue weighted by atomic mass is 10.2. The molecule has 1 aliphatic rings. The average Bonchev–Trinajstić information content (AvgIpc) is 3.38. The lowest BCUT2D eigenvalue weighted by Crippen LogP contribution is -2.39. The van der Waals surface area contributed by atoms with Gasteiger partial charge in [-0.15, -0.1) is 11.3 Å². The van der Waals surface area contributed by atoms with E-state index in [2.05, 4.69) is 44.7 Å². The van der Waals surface area contributed by atoms with Gasteiger partial charge in [0.05, 0.1) is 12.3 Å². The van der Waals surface area contributed by atoms with Crippen molar-refractivity contribution < 1.29 is 4.74 Å². The minimum atomic E-state index is 0.689. The van der Waals surface area contributed by atoms with Crippen LogP contribution in [0.1, 0.15) is 31.0 Å². The highest BCUT2D eigenvalue weighted by Gasteiger charge is 2.15. The molecule has 1 N–H and O–H groups in total. The number of ether oxygens (including phenoxy) is 1. The SMILES string of the molecule is CCOc1ccc(CN(C)C(=NC)NCCc2csc(N3CCCC3)n2)cc1. The molecule has 152 valence electrons. The van der Waals surface area contributed by atoms with Crippen LogP contribution in [0.2, 0.25) is 0 Å². The summed E-state index contributed by atoms with van der Waals surface area (Å²) in [4.78, 5) is 13.7. The molecule has 0 amide bonds. The fourth-order valence-electron chi connectivity index (χ4n) is 3.36. The Morgan fingerprint density at radius 2 is 2.04 bits per heavy atom. The molecule has 0 aliphatic carbocycles. The van der Waals surface area contributed by atoms with Gasteiger partial charge in [-0.25, -0.2) is 4.98 Å². The predicted molar refractivity (Wildman–Crippen MR) is 118 cm³/mol. The van der Waals surface area contributed by atoms with Crippen LogP contribution < -0.4 is 15.0 Å². The van der Waals surface area contributed by atoms with Crippen LogP contribution in [0.15, 0.2) is 34.6 Å². The molecule has 0 saturated carbocycles. The number of rotatable bonds is 8. The van der Waals surface area contributed by atoms with Crippen molar-refractivity contribution in [2.24, 2.45) is 4.99 Å². The van der Waals surface area contributed by atoms with Crippen molar-refractivity contribution in [1.82, 2.24) is 15.2 Å². The van der Waals surface area contributed by atoms with Crippen LogP contribution in [0.4, 0.5) is 5.13 Å². The number of hydrogen-bond donors (Lipinski definition) is 1. The van der Waals surface area contributed by atoms with E-state index < -0.39 is 0 Å². The lowest BCUT2D eigenvalue weighted by molar-refractivity contribution is 0.340. The minimum absolute atomic E-state index is 0.689. The first-order valence-electron chi connectivity index (χ1n) is 10.0. The number of nitrogens with one attached hydrogen (secondary N) is 1. The van der Waals surface area contributed by atoms with Crippen molar-refractivity contribution in [1.29, 1.82) is 0 Å². The molecule has 0 unspecified atom stereocenters. The van der Waals surface area contributed by atoms with Crippen LogP contribution in [-0.2, 0) is 13.0 Å². The van der Waals surface area contributed by atoms with Crippen LogP contribution in [0, 0.1) is 0 Å². The van der Waals surface area contributed by atoms with E-state index in [1.807, 2.05) is 26.1 Å². The summed E-state index contributed by atoms with van der Waals surface area (Å²) in [6, 6.07) is 8.24. The van der Waals surface area contributed by atoms with Crippen molar-refractivity contribution >= 4 is 22.4 Å².